The molecule has 1 fully saturated rings. The van der Waals surface area contributed by atoms with Crippen molar-refractivity contribution in [2.45, 2.75) is 31.9 Å². The highest BCUT2D eigenvalue weighted by Gasteiger charge is 2.29. The maximum atomic E-state index is 11.6. The summed E-state index contributed by atoms with van der Waals surface area (Å²) in [5, 5.41) is 2.99. The Morgan fingerprint density at radius 1 is 1.62 bits per heavy atom. The molecule has 0 bridgehead atoms. The van der Waals surface area contributed by atoms with Crippen molar-refractivity contribution in [2.75, 3.05) is 18.6 Å². The van der Waals surface area contributed by atoms with E-state index in [0.29, 0.717) is 6.04 Å². The lowest BCUT2D eigenvalue weighted by atomic mass is 10.1. The molecule has 0 spiro atoms. The third kappa shape index (κ3) is 2.88. The highest BCUT2D eigenvalue weighted by molar-refractivity contribution is 7.99. The van der Waals surface area contributed by atoms with Crippen LogP contribution in [-0.4, -0.2) is 36.2 Å². The van der Waals surface area contributed by atoms with Gasteiger partial charge in [-0.05, 0) is 26.0 Å². The fraction of sp³-hybridized carbons (Fsp3) is 0.889. The predicted octanol–water partition coefficient (Wildman–Crippen LogP) is 1.03. The first kappa shape index (κ1) is 10.9. The normalized spacial score (nSPS) is 23.2. The molecule has 1 heterocycles. The lowest BCUT2D eigenvalue weighted by Crippen LogP contribution is -2.47. The molecule has 3 nitrogen and oxygen atoms in total. The van der Waals surface area contributed by atoms with Crippen LogP contribution < -0.4 is 5.32 Å². The average molecular weight is 203 g/mol. The quantitative estimate of drug-likeness (QED) is 0.744. The van der Waals surface area contributed by atoms with E-state index in [0.717, 1.165) is 17.9 Å². The maximum absolute atomic E-state index is 11.6. The van der Waals surface area contributed by atoms with Crippen molar-refractivity contribution < 1.29 is 9.53 Å². The summed E-state index contributed by atoms with van der Waals surface area (Å²) in [5.74, 6) is 2.17. The van der Waals surface area contributed by atoms with Crippen LogP contribution in [0, 0.1) is 0 Å². The van der Waals surface area contributed by atoms with Crippen molar-refractivity contribution in [1.29, 1.82) is 0 Å². The van der Waals surface area contributed by atoms with Crippen LogP contribution in [-0.2, 0) is 9.53 Å². The van der Waals surface area contributed by atoms with Gasteiger partial charge in [-0.2, -0.15) is 11.8 Å². The highest BCUT2D eigenvalue weighted by Crippen LogP contribution is 2.18. The van der Waals surface area contributed by atoms with E-state index in [1.54, 1.807) is 21.0 Å². The number of methoxy groups -OCH3 is 1. The molecule has 0 saturated carbocycles. The number of ether oxygens (including phenoxy) is 1. The molecule has 0 aliphatic carbocycles. The van der Waals surface area contributed by atoms with Gasteiger partial charge in [0.2, 0.25) is 0 Å². The summed E-state index contributed by atoms with van der Waals surface area (Å²) in [5.41, 5.74) is -0.701. The lowest BCUT2D eigenvalue weighted by Gasteiger charge is -2.23. The number of hydrogen-bond donors (Lipinski definition) is 1. The van der Waals surface area contributed by atoms with Gasteiger partial charge in [0, 0.05) is 18.9 Å². The van der Waals surface area contributed by atoms with Crippen LogP contribution in [0.5, 0.6) is 0 Å². The zero-order chi connectivity index (χ0) is 9.90. The van der Waals surface area contributed by atoms with E-state index in [2.05, 4.69) is 5.32 Å². The third-order valence-corrected chi connectivity index (χ3v) is 3.48. The Labute approximate surface area is 83.6 Å². The minimum Gasteiger partial charge on any atom is -0.369 e. The van der Waals surface area contributed by atoms with Gasteiger partial charge < -0.3 is 10.1 Å². The highest BCUT2D eigenvalue weighted by atomic mass is 32.2. The number of amides is 1. The summed E-state index contributed by atoms with van der Waals surface area (Å²) in [6.45, 7) is 3.56. The van der Waals surface area contributed by atoms with Gasteiger partial charge >= 0.3 is 0 Å². The maximum Gasteiger partial charge on any atom is 0.251 e. The van der Waals surface area contributed by atoms with E-state index in [-0.39, 0.29) is 5.91 Å². The van der Waals surface area contributed by atoms with Gasteiger partial charge in [0.05, 0.1) is 0 Å². The SMILES string of the molecule is COC(C)(C)C(=O)NC1CCSC1. The van der Waals surface area contributed by atoms with E-state index in [1.807, 2.05) is 11.8 Å². The van der Waals surface area contributed by atoms with Crippen LogP contribution in [0.15, 0.2) is 0 Å². The lowest BCUT2D eigenvalue weighted by molar-refractivity contribution is -0.140. The molecule has 1 saturated heterocycles. The molecule has 1 amide bonds. The molecule has 1 rings (SSSR count). The molecule has 0 radical (unpaired) electrons. The van der Waals surface area contributed by atoms with Crippen molar-refractivity contribution in [3.05, 3.63) is 0 Å². The first-order chi connectivity index (χ1) is 6.06. The van der Waals surface area contributed by atoms with Gasteiger partial charge in [-0.25, -0.2) is 0 Å². The first-order valence-corrected chi connectivity index (χ1v) is 5.65. The molecule has 1 unspecified atom stereocenters. The molecule has 1 aliphatic rings. The Morgan fingerprint density at radius 3 is 2.77 bits per heavy atom. The molecular weight excluding hydrogens is 186 g/mol. The second-order valence-corrected chi connectivity index (χ2v) is 4.90. The minimum atomic E-state index is -0.701. The molecule has 1 N–H and O–H groups in total. The fourth-order valence-electron chi connectivity index (χ4n) is 1.10. The number of nitrogens with one attached hydrogen (secondary N) is 1. The Balaban J connectivity index is 2.39. The Hall–Kier alpha value is -0.220. The molecule has 0 aromatic carbocycles. The summed E-state index contributed by atoms with van der Waals surface area (Å²) < 4.78 is 5.09. The van der Waals surface area contributed by atoms with Gasteiger partial charge in [0.15, 0.2) is 0 Å². The molecule has 76 valence electrons. The molecule has 0 aromatic heterocycles. The van der Waals surface area contributed by atoms with E-state index in [9.17, 15) is 4.79 Å². The van der Waals surface area contributed by atoms with Gasteiger partial charge in [-0.1, -0.05) is 0 Å². The van der Waals surface area contributed by atoms with E-state index >= 15 is 0 Å². The van der Waals surface area contributed by atoms with Gasteiger partial charge in [-0.15, -0.1) is 0 Å². The third-order valence-electron chi connectivity index (χ3n) is 2.32. The molecule has 1 atom stereocenters. The van der Waals surface area contributed by atoms with Crippen LogP contribution in [0.4, 0.5) is 0 Å². The van der Waals surface area contributed by atoms with Crippen LogP contribution in [0.25, 0.3) is 0 Å². The molecule has 4 heteroatoms. The standard InChI is InChI=1S/C9H17NO2S/c1-9(2,12-3)8(11)10-7-4-5-13-6-7/h7H,4-6H2,1-3H3,(H,10,11). The van der Waals surface area contributed by atoms with Crippen LogP contribution in [0.1, 0.15) is 20.3 Å². The van der Waals surface area contributed by atoms with Crippen molar-refractivity contribution in [3.63, 3.8) is 0 Å². The van der Waals surface area contributed by atoms with Crippen LogP contribution in [0.2, 0.25) is 0 Å². The Bertz CT molecular complexity index is 188. The zero-order valence-electron chi connectivity index (χ0n) is 8.42. The van der Waals surface area contributed by atoms with Crippen molar-refractivity contribution in [3.8, 4) is 0 Å². The molecular formula is C9H17NO2S. The summed E-state index contributed by atoms with van der Waals surface area (Å²) in [7, 11) is 1.56. The number of carbonyl (C=O) groups is 1. The summed E-state index contributed by atoms with van der Waals surface area (Å²) in [4.78, 5) is 11.6. The molecule has 1 aliphatic heterocycles. The summed E-state index contributed by atoms with van der Waals surface area (Å²) in [6.07, 6.45) is 1.08. The smallest absolute Gasteiger partial charge is 0.251 e. The predicted molar refractivity (Wildman–Crippen MR) is 55.0 cm³/mol. The average Bonchev–Trinajstić information content (AvgIpc) is 2.57. The van der Waals surface area contributed by atoms with Crippen LogP contribution >= 0.6 is 11.8 Å². The van der Waals surface area contributed by atoms with E-state index < -0.39 is 5.60 Å². The topological polar surface area (TPSA) is 38.3 Å². The van der Waals surface area contributed by atoms with Crippen molar-refractivity contribution in [2.24, 2.45) is 0 Å². The van der Waals surface area contributed by atoms with E-state index in [4.69, 9.17) is 4.74 Å². The van der Waals surface area contributed by atoms with Gasteiger partial charge in [-0.3, -0.25) is 4.79 Å². The Morgan fingerprint density at radius 2 is 2.31 bits per heavy atom. The molecule has 0 aromatic rings. The monoisotopic (exact) mass is 203 g/mol. The molecule has 13 heavy (non-hydrogen) atoms. The van der Waals surface area contributed by atoms with Crippen LogP contribution in [0.3, 0.4) is 0 Å². The summed E-state index contributed by atoms with van der Waals surface area (Å²) >= 11 is 1.89. The Kier molecular flexibility index (Phi) is 3.62. The van der Waals surface area contributed by atoms with Crippen molar-refractivity contribution in [1.82, 2.24) is 5.32 Å². The second kappa shape index (κ2) is 4.33. The number of rotatable bonds is 3. The van der Waals surface area contributed by atoms with E-state index in [1.165, 1.54) is 0 Å². The zero-order valence-corrected chi connectivity index (χ0v) is 9.24. The van der Waals surface area contributed by atoms with Gasteiger partial charge in [0.25, 0.3) is 5.91 Å². The number of hydrogen-bond acceptors (Lipinski definition) is 3. The first-order valence-electron chi connectivity index (χ1n) is 4.50. The minimum absolute atomic E-state index is 0.0116. The number of thioether (sulfide) groups is 1. The van der Waals surface area contributed by atoms with Crippen molar-refractivity contribution >= 4 is 17.7 Å². The number of carbonyl (C=O) groups excluding carboxylic acids is 1. The summed E-state index contributed by atoms with van der Waals surface area (Å²) in [6, 6.07) is 0.340. The largest absolute Gasteiger partial charge is 0.369 e. The van der Waals surface area contributed by atoms with Gasteiger partial charge in [0.1, 0.15) is 5.60 Å². The fourth-order valence-corrected chi connectivity index (χ4v) is 2.25. The second-order valence-electron chi connectivity index (χ2n) is 3.75.